The zero-order chi connectivity index (χ0) is 11.7. The Hall–Kier alpha value is -1.78. The van der Waals surface area contributed by atoms with Crippen LogP contribution in [0.3, 0.4) is 0 Å². The minimum absolute atomic E-state index is 0.561. The first-order valence-electron chi connectivity index (χ1n) is 5.48. The van der Waals surface area contributed by atoms with E-state index in [0.29, 0.717) is 18.9 Å². The molecule has 1 unspecified atom stereocenters. The van der Waals surface area contributed by atoms with Gasteiger partial charge in [0.1, 0.15) is 6.10 Å². The third-order valence-electron chi connectivity index (χ3n) is 2.92. The molecule has 1 atom stereocenters. The Balaban J connectivity index is 1.94. The molecular weight excluding hydrogens is 216 g/mol. The molecule has 1 aromatic heterocycles. The van der Waals surface area contributed by atoms with Gasteiger partial charge >= 0.3 is 0 Å². The van der Waals surface area contributed by atoms with Gasteiger partial charge in [0, 0.05) is 12.4 Å². The number of hydrogen-bond acceptors (Lipinski definition) is 4. The van der Waals surface area contributed by atoms with E-state index in [0.717, 1.165) is 11.1 Å². The molecule has 0 aliphatic carbocycles. The van der Waals surface area contributed by atoms with Gasteiger partial charge in [0.25, 0.3) is 0 Å². The molecule has 0 radical (unpaired) electrons. The van der Waals surface area contributed by atoms with Crippen LogP contribution in [0.4, 0.5) is 0 Å². The monoisotopic (exact) mass is 228 g/mol. The summed E-state index contributed by atoms with van der Waals surface area (Å²) in [6, 6.07) is 5.88. The van der Waals surface area contributed by atoms with Gasteiger partial charge in [-0.15, -0.1) is 0 Å². The van der Waals surface area contributed by atoms with E-state index in [-0.39, 0.29) is 0 Å². The number of aliphatic hydroxyl groups excluding tert-OH is 1. The predicted molar refractivity (Wildman–Crippen MR) is 61.0 cm³/mol. The summed E-state index contributed by atoms with van der Waals surface area (Å²) in [5, 5.41) is 10.2. The maximum absolute atomic E-state index is 10.2. The fraction of sp³-hybridized carbons (Fsp3) is 0.231. The zero-order valence-corrected chi connectivity index (χ0v) is 9.21. The van der Waals surface area contributed by atoms with Gasteiger partial charge in [0.2, 0.25) is 0 Å². The van der Waals surface area contributed by atoms with Gasteiger partial charge in [-0.3, -0.25) is 9.97 Å². The van der Waals surface area contributed by atoms with E-state index < -0.39 is 6.10 Å². The number of aliphatic hydroxyl groups is 1. The molecule has 17 heavy (non-hydrogen) atoms. The minimum atomic E-state index is -0.727. The molecule has 1 aliphatic heterocycles. The van der Waals surface area contributed by atoms with E-state index >= 15 is 0 Å². The van der Waals surface area contributed by atoms with Gasteiger partial charge in [-0.1, -0.05) is 18.2 Å². The van der Waals surface area contributed by atoms with Crippen molar-refractivity contribution in [2.24, 2.45) is 0 Å². The molecule has 0 spiro atoms. The molecule has 86 valence electrons. The third-order valence-corrected chi connectivity index (χ3v) is 2.92. The first-order valence-corrected chi connectivity index (χ1v) is 5.48. The van der Waals surface area contributed by atoms with Crippen molar-refractivity contribution in [1.29, 1.82) is 0 Å². The lowest BCUT2D eigenvalue weighted by Crippen LogP contribution is -2.03. The number of hydrogen-bond donors (Lipinski definition) is 1. The summed E-state index contributed by atoms with van der Waals surface area (Å²) in [6.07, 6.45) is 4.02. The molecule has 1 N–H and O–H groups in total. The fourth-order valence-corrected chi connectivity index (χ4v) is 1.98. The van der Waals surface area contributed by atoms with Crippen LogP contribution in [0.1, 0.15) is 28.5 Å². The molecule has 4 nitrogen and oxygen atoms in total. The van der Waals surface area contributed by atoms with Gasteiger partial charge in [-0.2, -0.15) is 0 Å². The van der Waals surface area contributed by atoms with Crippen LogP contribution in [0.25, 0.3) is 0 Å². The summed E-state index contributed by atoms with van der Waals surface area (Å²) in [6.45, 7) is 1.28. The first kappa shape index (κ1) is 10.4. The minimum Gasteiger partial charge on any atom is -0.382 e. The Morgan fingerprint density at radius 3 is 2.88 bits per heavy atom. The molecule has 3 rings (SSSR count). The SMILES string of the molecule is OC(c1ccc2c(c1)COC2)c1cnccn1. The summed E-state index contributed by atoms with van der Waals surface area (Å²) >= 11 is 0. The lowest BCUT2D eigenvalue weighted by Gasteiger charge is -2.10. The maximum atomic E-state index is 10.2. The van der Waals surface area contributed by atoms with E-state index in [9.17, 15) is 5.11 Å². The average molecular weight is 228 g/mol. The van der Waals surface area contributed by atoms with E-state index in [1.807, 2.05) is 18.2 Å². The van der Waals surface area contributed by atoms with Crippen LogP contribution in [-0.4, -0.2) is 15.1 Å². The Morgan fingerprint density at radius 1 is 1.18 bits per heavy atom. The lowest BCUT2D eigenvalue weighted by atomic mass is 10.0. The van der Waals surface area contributed by atoms with Crippen molar-refractivity contribution in [2.75, 3.05) is 0 Å². The zero-order valence-electron chi connectivity index (χ0n) is 9.21. The van der Waals surface area contributed by atoms with E-state index in [4.69, 9.17) is 4.74 Å². The Kier molecular flexibility index (Phi) is 2.59. The molecule has 2 heterocycles. The second kappa shape index (κ2) is 4.24. The van der Waals surface area contributed by atoms with Crippen molar-refractivity contribution in [3.05, 3.63) is 59.2 Å². The van der Waals surface area contributed by atoms with E-state index in [1.165, 1.54) is 5.56 Å². The average Bonchev–Trinajstić information content (AvgIpc) is 2.86. The van der Waals surface area contributed by atoms with Crippen LogP contribution >= 0.6 is 0 Å². The summed E-state index contributed by atoms with van der Waals surface area (Å²) < 4.78 is 5.35. The topological polar surface area (TPSA) is 55.2 Å². The standard InChI is InChI=1S/C13H12N2O2/c16-13(12-6-14-3-4-15-12)9-1-2-10-7-17-8-11(10)5-9/h1-6,13,16H,7-8H2. The summed E-state index contributed by atoms with van der Waals surface area (Å²) in [4.78, 5) is 8.06. The van der Waals surface area contributed by atoms with Crippen LogP contribution in [0.2, 0.25) is 0 Å². The Morgan fingerprint density at radius 2 is 2.06 bits per heavy atom. The fourth-order valence-electron chi connectivity index (χ4n) is 1.98. The lowest BCUT2D eigenvalue weighted by molar-refractivity contribution is 0.134. The molecule has 2 aromatic rings. The summed E-state index contributed by atoms with van der Waals surface area (Å²) in [5.74, 6) is 0. The number of aromatic nitrogens is 2. The normalized spacial score (nSPS) is 15.6. The molecule has 1 aromatic carbocycles. The molecule has 0 amide bonds. The molecule has 0 saturated heterocycles. The molecule has 4 heteroatoms. The highest BCUT2D eigenvalue weighted by Gasteiger charge is 2.16. The third kappa shape index (κ3) is 1.92. The van der Waals surface area contributed by atoms with Crippen LogP contribution < -0.4 is 0 Å². The summed E-state index contributed by atoms with van der Waals surface area (Å²) in [5.41, 5.74) is 3.73. The highest BCUT2D eigenvalue weighted by Crippen LogP contribution is 2.26. The largest absolute Gasteiger partial charge is 0.382 e. The first-order chi connectivity index (χ1) is 8.34. The van der Waals surface area contributed by atoms with Crippen LogP contribution in [0, 0.1) is 0 Å². The smallest absolute Gasteiger partial charge is 0.123 e. The molecule has 0 saturated carbocycles. The molecular formula is C13H12N2O2. The second-order valence-electron chi connectivity index (χ2n) is 4.05. The number of fused-ring (bicyclic) bond motifs is 1. The number of nitrogens with zero attached hydrogens (tertiary/aromatic N) is 2. The van der Waals surface area contributed by atoms with Crippen molar-refractivity contribution < 1.29 is 9.84 Å². The van der Waals surface area contributed by atoms with Crippen molar-refractivity contribution in [2.45, 2.75) is 19.3 Å². The van der Waals surface area contributed by atoms with Gasteiger partial charge in [-0.25, -0.2) is 0 Å². The molecule has 0 fully saturated rings. The molecule has 1 aliphatic rings. The van der Waals surface area contributed by atoms with E-state index in [1.54, 1.807) is 18.6 Å². The Bertz CT molecular complexity index is 528. The van der Waals surface area contributed by atoms with Crippen LogP contribution in [0.5, 0.6) is 0 Å². The van der Waals surface area contributed by atoms with Crippen LogP contribution in [-0.2, 0) is 18.0 Å². The van der Waals surface area contributed by atoms with Gasteiger partial charge < -0.3 is 9.84 Å². The summed E-state index contributed by atoms with van der Waals surface area (Å²) in [7, 11) is 0. The van der Waals surface area contributed by atoms with Gasteiger partial charge in [0.05, 0.1) is 25.1 Å². The van der Waals surface area contributed by atoms with Crippen molar-refractivity contribution >= 4 is 0 Å². The van der Waals surface area contributed by atoms with Crippen molar-refractivity contribution in [3.63, 3.8) is 0 Å². The van der Waals surface area contributed by atoms with Crippen LogP contribution in [0.15, 0.2) is 36.8 Å². The number of benzene rings is 1. The molecule has 0 bridgehead atoms. The van der Waals surface area contributed by atoms with E-state index in [2.05, 4.69) is 9.97 Å². The highest BCUT2D eigenvalue weighted by atomic mass is 16.5. The van der Waals surface area contributed by atoms with Gasteiger partial charge in [0.15, 0.2) is 0 Å². The Labute approximate surface area is 98.9 Å². The second-order valence-corrected chi connectivity index (χ2v) is 4.05. The predicted octanol–water partition coefficient (Wildman–Crippen LogP) is 1.59. The number of ether oxygens (including phenoxy) is 1. The number of rotatable bonds is 2. The quantitative estimate of drug-likeness (QED) is 0.848. The van der Waals surface area contributed by atoms with Gasteiger partial charge in [-0.05, 0) is 16.7 Å². The van der Waals surface area contributed by atoms with Crippen molar-refractivity contribution in [1.82, 2.24) is 9.97 Å². The maximum Gasteiger partial charge on any atom is 0.123 e. The van der Waals surface area contributed by atoms with Crippen molar-refractivity contribution in [3.8, 4) is 0 Å². The highest BCUT2D eigenvalue weighted by molar-refractivity contribution is 5.36.